The van der Waals surface area contributed by atoms with Crippen LogP contribution in [0, 0.1) is 12.7 Å². The maximum Gasteiger partial charge on any atom is 0.335 e. The molecule has 0 heterocycles. The maximum atomic E-state index is 14.0. The first-order valence-corrected chi connectivity index (χ1v) is 9.97. The highest BCUT2D eigenvalue weighted by Crippen LogP contribution is 2.30. The average molecular weight is 415 g/mol. The predicted molar refractivity (Wildman–Crippen MR) is 120 cm³/mol. The minimum atomic E-state index is -0.951. The molecule has 0 atom stereocenters. The Morgan fingerprint density at radius 2 is 1.77 bits per heavy atom. The van der Waals surface area contributed by atoms with Gasteiger partial charge in [0, 0.05) is 23.4 Å². The van der Waals surface area contributed by atoms with Gasteiger partial charge in [-0.1, -0.05) is 48.5 Å². The van der Waals surface area contributed by atoms with Crippen molar-refractivity contribution >= 4 is 22.4 Å². The summed E-state index contributed by atoms with van der Waals surface area (Å²) in [5, 5.41) is 14.7. The van der Waals surface area contributed by atoms with Crippen LogP contribution in [0.1, 0.15) is 27.0 Å². The molecule has 0 aliphatic rings. The fourth-order valence-electron chi connectivity index (χ4n) is 3.58. The van der Waals surface area contributed by atoms with E-state index in [1.807, 2.05) is 43.3 Å². The Kier molecular flexibility index (Phi) is 5.85. The van der Waals surface area contributed by atoms with Gasteiger partial charge in [0.05, 0.1) is 5.56 Å². The molecule has 4 aromatic rings. The Morgan fingerprint density at radius 3 is 2.55 bits per heavy atom. The maximum absolute atomic E-state index is 14.0. The van der Waals surface area contributed by atoms with Crippen LogP contribution in [0.15, 0.2) is 78.9 Å². The van der Waals surface area contributed by atoms with Crippen molar-refractivity contribution in [2.24, 2.45) is 0 Å². The number of halogens is 1. The van der Waals surface area contributed by atoms with E-state index in [9.17, 15) is 14.3 Å². The van der Waals surface area contributed by atoms with Gasteiger partial charge in [0.15, 0.2) is 0 Å². The molecule has 0 aliphatic carbocycles. The molecule has 2 N–H and O–H groups in total. The number of aromatic carboxylic acids is 1. The summed E-state index contributed by atoms with van der Waals surface area (Å²) >= 11 is 0. The molecule has 5 heteroatoms. The van der Waals surface area contributed by atoms with Gasteiger partial charge in [0.2, 0.25) is 0 Å². The quantitative estimate of drug-likeness (QED) is 0.379. The summed E-state index contributed by atoms with van der Waals surface area (Å²) in [5.74, 6) is -0.570. The molecule has 0 aromatic heterocycles. The molecule has 0 saturated carbocycles. The Balaban J connectivity index is 1.63. The number of rotatable bonds is 7. The average Bonchev–Trinajstić information content (AvgIpc) is 2.78. The number of carboxylic acids is 1. The Hall–Kier alpha value is -3.86. The number of benzene rings is 4. The van der Waals surface area contributed by atoms with Gasteiger partial charge >= 0.3 is 5.97 Å². The second kappa shape index (κ2) is 8.88. The van der Waals surface area contributed by atoms with E-state index in [1.54, 1.807) is 36.4 Å². The van der Waals surface area contributed by atoms with Crippen LogP contribution in [0.2, 0.25) is 0 Å². The molecule has 156 valence electrons. The molecule has 0 fully saturated rings. The summed E-state index contributed by atoms with van der Waals surface area (Å²) in [6, 6.07) is 23.5. The number of fused-ring (bicyclic) bond motifs is 1. The van der Waals surface area contributed by atoms with Gasteiger partial charge in [-0.05, 0) is 53.6 Å². The van der Waals surface area contributed by atoms with Gasteiger partial charge < -0.3 is 15.2 Å². The zero-order valence-electron chi connectivity index (χ0n) is 17.1. The molecule has 0 bridgehead atoms. The molecule has 4 aromatic carbocycles. The van der Waals surface area contributed by atoms with E-state index >= 15 is 0 Å². The van der Waals surface area contributed by atoms with Crippen molar-refractivity contribution in [3.63, 3.8) is 0 Å². The first-order chi connectivity index (χ1) is 15.0. The van der Waals surface area contributed by atoms with E-state index in [-0.39, 0.29) is 18.0 Å². The third-order valence-electron chi connectivity index (χ3n) is 5.27. The topological polar surface area (TPSA) is 58.6 Å². The third kappa shape index (κ3) is 4.51. The van der Waals surface area contributed by atoms with E-state index in [0.717, 1.165) is 27.6 Å². The van der Waals surface area contributed by atoms with Gasteiger partial charge in [0.1, 0.15) is 18.2 Å². The largest absolute Gasteiger partial charge is 0.488 e. The van der Waals surface area contributed by atoms with Crippen molar-refractivity contribution in [1.82, 2.24) is 0 Å². The molecular weight excluding hydrogens is 393 g/mol. The van der Waals surface area contributed by atoms with Gasteiger partial charge in [0.25, 0.3) is 0 Å². The van der Waals surface area contributed by atoms with E-state index in [1.165, 1.54) is 6.07 Å². The third-order valence-corrected chi connectivity index (χ3v) is 5.27. The highest BCUT2D eigenvalue weighted by atomic mass is 19.1. The fraction of sp³-hybridized carbons (Fsp3) is 0.115. The lowest BCUT2D eigenvalue weighted by molar-refractivity contribution is 0.0697. The lowest BCUT2D eigenvalue weighted by atomic mass is 10.0. The molecular formula is C26H22FNO3. The summed E-state index contributed by atoms with van der Waals surface area (Å²) in [6.45, 7) is 2.47. The highest BCUT2D eigenvalue weighted by molar-refractivity contribution is 5.89. The van der Waals surface area contributed by atoms with Gasteiger partial charge in [-0.3, -0.25) is 0 Å². The van der Waals surface area contributed by atoms with E-state index in [2.05, 4.69) is 5.32 Å². The number of carbonyl (C=O) groups is 1. The lowest BCUT2D eigenvalue weighted by Crippen LogP contribution is -2.07. The SMILES string of the molecule is Cc1cc(C(=O)O)ccc1NCc1c(OCc2ccccc2F)ccc2ccccc12. The van der Waals surface area contributed by atoms with Crippen LogP contribution >= 0.6 is 0 Å². The van der Waals surface area contributed by atoms with Crippen LogP contribution in [0.4, 0.5) is 10.1 Å². The van der Waals surface area contributed by atoms with E-state index < -0.39 is 5.97 Å². The number of anilines is 1. The monoisotopic (exact) mass is 415 g/mol. The second-order valence-corrected chi connectivity index (χ2v) is 7.33. The number of hydrogen-bond donors (Lipinski definition) is 2. The first kappa shape index (κ1) is 20.4. The summed E-state index contributed by atoms with van der Waals surface area (Å²) in [5.41, 5.74) is 3.39. The highest BCUT2D eigenvalue weighted by Gasteiger charge is 2.12. The minimum absolute atomic E-state index is 0.129. The van der Waals surface area contributed by atoms with Crippen molar-refractivity contribution in [2.75, 3.05) is 5.32 Å². The Bertz CT molecular complexity index is 1250. The molecule has 0 saturated heterocycles. The van der Waals surface area contributed by atoms with Crippen LogP contribution in [-0.4, -0.2) is 11.1 Å². The van der Waals surface area contributed by atoms with Crippen molar-refractivity contribution < 1.29 is 19.0 Å². The summed E-state index contributed by atoms with van der Waals surface area (Å²) in [4.78, 5) is 11.2. The Morgan fingerprint density at radius 1 is 1.00 bits per heavy atom. The first-order valence-electron chi connectivity index (χ1n) is 9.97. The lowest BCUT2D eigenvalue weighted by Gasteiger charge is -2.17. The van der Waals surface area contributed by atoms with Gasteiger partial charge in [-0.15, -0.1) is 0 Å². The van der Waals surface area contributed by atoms with Crippen LogP contribution < -0.4 is 10.1 Å². The summed E-state index contributed by atoms with van der Waals surface area (Å²) in [7, 11) is 0. The summed E-state index contributed by atoms with van der Waals surface area (Å²) in [6.07, 6.45) is 0. The smallest absolute Gasteiger partial charge is 0.335 e. The predicted octanol–water partition coefficient (Wildman–Crippen LogP) is 6.18. The van der Waals surface area contributed by atoms with Crippen LogP contribution in [0.5, 0.6) is 5.75 Å². The van der Waals surface area contributed by atoms with Crippen LogP contribution in [0.3, 0.4) is 0 Å². The molecule has 4 nitrogen and oxygen atoms in total. The Labute approximate surface area is 179 Å². The minimum Gasteiger partial charge on any atom is -0.488 e. The van der Waals surface area contributed by atoms with E-state index in [0.29, 0.717) is 17.9 Å². The van der Waals surface area contributed by atoms with Crippen molar-refractivity contribution in [3.8, 4) is 5.75 Å². The number of hydrogen-bond acceptors (Lipinski definition) is 3. The number of carboxylic acid groups (broad SMARTS) is 1. The standard InChI is InChI=1S/C26H22FNO3/c1-17-14-19(26(29)30)10-12-24(17)28-15-22-21-8-4-2-6-18(21)11-13-25(22)31-16-20-7-3-5-9-23(20)27/h2-14,28H,15-16H2,1H3,(H,29,30). The zero-order valence-corrected chi connectivity index (χ0v) is 17.1. The van der Waals surface area contributed by atoms with Crippen LogP contribution in [-0.2, 0) is 13.2 Å². The number of ether oxygens (including phenoxy) is 1. The van der Waals surface area contributed by atoms with Crippen molar-refractivity contribution in [1.29, 1.82) is 0 Å². The molecule has 0 radical (unpaired) electrons. The number of aryl methyl sites for hydroxylation is 1. The van der Waals surface area contributed by atoms with Crippen molar-refractivity contribution in [3.05, 3.63) is 107 Å². The molecule has 0 unspecified atom stereocenters. The van der Waals surface area contributed by atoms with Crippen molar-refractivity contribution in [2.45, 2.75) is 20.1 Å². The van der Waals surface area contributed by atoms with Gasteiger partial charge in [-0.25, -0.2) is 9.18 Å². The molecule has 0 spiro atoms. The molecule has 4 rings (SSSR count). The fourth-order valence-corrected chi connectivity index (χ4v) is 3.58. The number of nitrogens with one attached hydrogen (secondary N) is 1. The van der Waals surface area contributed by atoms with Crippen LogP contribution in [0.25, 0.3) is 10.8 Å². The molecule has 0 amide bonds. The van der Waals surface area contributed by atoms with E-state index in [4.69, 9.17) is 4.74 Å². The van der Waals surface area contributed by atoms with Gasteiger partial charge in [-0.2, -0.15) is 0 Å². The normalized spacial score (nSPS) is 10.8. The molecule has 0 aliphatic heterocycles. The summed E-state index contributed by atoms with van der Waals surface area (Å²) < 4.78 is 20.0. The second-order valence-electron chi connectivity index (χ2n) is 7.33. The molecule has 31 heavy (non-hydrogen) atoms. The zero-order chi connectivity index (χ0) is 21.8.